The number of hydrogen-bond donors (Lipinski definition) is 1. The summed E-state index contributed by atoms with van der Waals surface area (Å²) in [7, 11) is 0. The van der Waals surface area contributed by atoms with Crippen molar-refractivity contribution < 1.29 is 47.9 Å². The van der Waals surface area contributed by atoms with Gasteiger partial charge in [-0.3, -0.25) is 14.5 Å². The SMILES string of the molecule is CC(=O)O[C@@]12CO[C@@H]1CC[C@]1(C)C2C(OC(=O)c2ccccc2)[C@]2(O)CC(=O)C(C)=C([C@H]3O[C@@H](CN4CCOCC4)O[C@H]31)C2(C)C. The Hall–Kier alpha value is -2.67. The molecule has 2 bridgehead atoms. The lowest BCUT2D eigenvalue weighted by atomic mass is 9.45. The molecule has 0 amide bonds. The van der Waals surface area contributed by atoms with Crippen molar-refractivity contribution in [3.63, 3.8) is 0 Å². The molecule has 6 aliphatic rings. The van der Waals surface area contributed by atoms with Gasteiger partial charge in [-0.2, -0.15) is 0 Å². The molecule has 11 heteroatoms. The molecule has 9 atom stereocenters. The molecule has 1 aromatic rings. The fourth-order valence-corrected chi connectivity index (χ4v) is 9.46. The van der Waals surface area contributed by atoms with Gasteiger partial charge in [-0.1, -0.05) is 39.0 Å². The van der Waals surface area contributed by atoms with Crippen molar-refractivity contribution in [3.8, 4) is 0 Å². The zero-order valence-corrected chi connectivity index (χ0v) is 27.3. The van der Waals surface area contributed by atoms with Crippen LogP contribution in [0.2, 0.25) is 0 Å². The molecule has 7 rings (SSSR count). The van der Waals surface area contributed by atoms with Gasteiger partial charge in [0.1, 0.15) is 23.9 Å². The first-order chi connectivity index (χ1) is 21.8. The van der Waals surface area contributed by atoms with Gasteiger partial charge in [-0.15, -0.1) is 0 Å². The van der Waals surface area contributed by atoms with E-state index in [1.807, 2.05) is 13.8 Å². The maximum Gasteiger partial charge on any atom is 0.338 e. The lowest BCUT2D eigenvalue weighted by molar-refractivity contribution is -0.344. The molecular formula is C35H45NO10. The average molecular weight is 640 g/mol. The predicted octanol–water partition coefficient (Wildman–Crippen LogP) is 2.83. The van der Waals surface area contributed by atoms with Crippen LogP contribution in [0.3, 0.4) is 0 Å². The Morgan fingerprint density at radius 2 is 1.80 bits per heavy atom. The minimum Gasteiger partial charge on any atom is -0.455 e. The topological polar surface area (TPSA) is 130 Å². The fraction of sp³-hybridized carbons (Fsp3) is 0.686. The Bertz CT molecular complexity index is 1440. The number of ketones is 1. The van der Waals surface area contributed by atoms with Crippen molar-refractivity contribution in [3.05, 3.63) is 47.0 Å². The number of allylic oxidation sites excluding steroid dienone is 1. The van der Waals surface area contributed by atoms with E-state index in [1.54, 1.807) is 37.3 Å². The van der Waals surface area contributed by atoms with Crippen LogP contribution in [0, 0.1) is 16.7 Å². The van der Waals surface area contributed by atoms with Gasteiger partial charge in [-0.25, -0.2) is 4.79 Å². The summed E-state index contributed by atoms with van der Waals surface area (Å²) >= 11 is 0. The highest BCUT2D eigenvalue weighted by atomic mass is 16.7. The van der Waals surface area contributed by atoms with Gasteiger partial charge in [-0.05, 0) is 43.0 Å². The first-order valence-corrected chi connectivity index (χ1v) is 16.5. The van der Waals surface area contributed by atoms with Crippen LogP contribution in [0.25, 0.3) is 0 Å². The van der Waals surface area contributed by atoms with E-state index in [4.69, 9.17) is 28.4 Å². The van der Waals surface area contributed by atoms with E-state index in [-0.39, 0.29) is 18.8 Å². The van der Waals surface area contributed by atoms with Gasteiger partial charge in [0.25, 0.3) is 0 Å². The van der Waals surface area contributed by atoms with Gasteiger partial charge < -0.3 is 33.5 Å². The molecule has 11 nitrogen and oxygen atoms in total. The highest BCUT2D eigenvalue weighted by molar-refractivity contribution is 5.98. The number of ether oxygens (including phenoxy) is 6. The van der Waals surface area contributed by atoms with Crippen molar-refractivity contribution in [2.45, 2.75) is 95.8 Å². The average Bonchev–Trinajstić information content (AvgIpc) is 3.42. The molecule has 3 aliphatic heterocycles. The summed E-state index contributed by atoms with van der Waals surface area (Å²) in [4.78, 5) is 42.9. The maximum atomic E-state index is 13.9. The van der Waals surface area contributed by atoms with Crippen molar-refractivity contribution in [1.29, 1.82) is 0 Å². The van der Waals surface area contributed by atoms with Crippen molar-refractivity contribution in [1.82, 2.24) is 4.90 Å². The fourth-order valence-electron chi connectivity index (χ4n) is 9.46. The van der Waals surface area contributed by atoms with E-state index in [0.717, 1.165) is 13.1 Å². The quantitative estimate of drug-likeness (QED) is 0.478. The number of morpholine rings is 1. The number of hydrogen-bond acceptors (Lipinski definition) is 11. The lowest BCUT2D eigenvalue weighted by Gasteiger charge is -2.67. The Morgan fingerprint density at radius 1 is 1.09 bits per heavy atom. The second-order valence-electron chi connectivity index (χ2n) is 14.7. The third-order valence-corrected chi connectivity index (χ3v) is 11.9. The molecule has 5 fully saturated rings. The standard InChI is InChI=1S/C35H45NO10/c1-20-23(38)17-35(40)30(45-31(39)22-9-7-6-8-10-22)28-33(5,12-11-24-34(28,19-42-24)46-21(2)37)29-27(26(20)32(35,3)4)43-25(44-29)18-36-13-15-41-16-14-36/h6-10,24-25,27-30,40H,11-19H2,1-5H3/t24-,25-,27-,28?,29-,30?,33-,34+,35-/m1/s1. The van der Waals surface area contributed by atoms with E-state index in [0.29, 0.717) is 49.3 Å². The number of benzene rings is 1. The third-order valence-electron chi connectivity index (χ3n) is 11.9. The molecule has 46 heavy (non-hydrogen) atoms. The van der Waals surface area contributed by atoms with Crippen LogP contribution in [0.5, 0.6) is 0 Å². The van der Waals surface area contributed by atoms with Crippen LogP contribution >= 0.6 is 0 Å². The summed E-state index contributed by atoms with van der Waals surface area (Å²) < 4.78 is 38.0. The summed E-state index contributed by atoms with van der Waals surface area (Å²) in [5.41, 5.74) is -3.54. The first kappa shape index (κ1) is 31.9. The summed E-state index contributed by atoms with van der Waals surface area (Å²) in [5, 5.41) is 13.1. The Balaban J connectivity index is 1.42. The Morgan fingerprint density at radius 3 is 2.46 bits per heavy atom. The Kier molecular flexibility index (Phi) is 7.77. The first-order valence-electron chi connectivity index (χ1n) is 16.5. The number of esters is 2. The number of fused-ring (bicyclic) bond motifs is 8. The second kappa shape index (κ2) is 11.2. The van der Waals surface area contributed by atoms with Crippen LogP contribution in [0.15, 0.2) is 41.5 Å². The van der Waals surface area contributed by atoms with Crippen molar-refractivity contribution in [2.75, 3.05) is 39.5 Å². The zero-order chi connectivity index (χ0) is 32.6. The second-order valence-corrected chi connectivity index (χ2v) is 14.7. The van der Waals surface area contributed by atoms with E-state index in [2.05, 4.69) is 11.8 Å². The normalized spacial score (nSPS) is 41.7. The number of carbonyl (C=O) groups excluding carboxylic acids is 3. The highest BCUT2D eigenvalue weighted by Crippen LogP contribution is 2.66. The number of aliphatic hydroxyl groups is 1. The highest BCUT2D eigenvalue weighted by Gasteiger charge is 2.77. The van der Waals surface area contributed by atoms with E-state index >= 15 is 0 Å². The van der Waals surface area contributed by atoms with Crippen LogP contribution in [-0.4, -0.2) is 109 Å². The van der Waals surface area contributed by atoms with E-state index in [1.165, 1.54) is 6.92 Å². The smallest absolute Gasteiger partial charge is 0.338 e. The maximum absolute atomic E-state index is 13.9. The van der Waals surface area contributed by atoms with Crippen LogP contribution < -0.4 is 0 Å². The number of carbonyl (C=O) groups is 3. The minimum atomic E-state index is -1.88. The largest absolute Gasteiger partial charge is 0.455 e. The number of nitrogens with zero attached hydrogens (tertiary/aromatic N) is 1. The van der Waals surface area contributed by atoms with Gasteiger partial charge in [0.15, 0.2) is 17.7 Å². The minimum absolute atomic E-state index is 0.0680. The van der Waals surface area contributed by atoms with E-state index in [9.17, 15) is 19.5 Å². The predicted molar refractivity (Wildman–Crippen MR) is 163 cm³/mol. The molecule has 0 radical (unpaired) electrons. The number of Topliss-reactive ketones (excluding diaryl/α,β-unsaturated/α-hetero) is 1. The van der Waals surface area contributed by atoms with Crippen LogP contribution in [-0.2, 0) is 38.0 Å². The Labute approximate surface area is 269 Å². The van der Waals surface area contributed by atoms with Crippen molar-refractivity contribution in [2.24, 2.45) is 16.7 Å². The van der Waals surface area contributed by atoms with Gasteiger partial charge in [0, 0.05) is 43.8 Å². The van der Waals surface area contributed by atoms with Crippen LogP contribution in [0.1, 0.15) is 64.2 Å². The molecule has 2 unspecified atom stereocenters. The molecule has 2 saturated carbocycles. The number of rotatable bonds is 5. The lowest BCUT2D eigenvalue weighted by Crippen LogP contribution is -2.79. The zero-order valence-electron chi connectivity index (χ0n) is 27.3. The summed E-state index contributed by atoms with van der Waals surface area (Å²) in [5.74, 6) is -2.18. The molecule has 3 aliphatic carbocycles. The van der Waals surface area contributed by atoms with E-state index < -0.39 is 70.6 Å². The molecule has 0 spiro atoms. The molecule has 3 saturated heterocycles. The molecule has 3 heterocycles. The summed E-state index contributed by atoms with van der Waals surface area (Å²) in [6.45, 7) is 12.3. The molecular weight excluding hydrogens is 594 g/mol. The molecule has 1 N–H and O–H groups in total. The molecule has 1 aromatic carbocycles. The van der Waals surface area contributed by atoms with Gasteiger partial charge in [0.05, 0.1) is 37.4 Å². The van der Waals surface area contributed by atoms with Crippen molar-refractivity contribution >= 4 is 17.7 Å². The molecule has 250 valence electrons. The van der Waals surface area contributed by atoms with Crippen LogP contribution in [0.4, 0.5) is 0 Å². The monoisotopic (exact) mass is 639 g/mol. The van der Waals surface area contributed by atoms with Gasteiger partial charge >= 0.3 is 11.9 Å². The molecule has 0 aromatic heterocycles. The third kappa shape index (κ3) is 4.64. The van der Waals surface area contributed by atoms with Gasteiger partial charge in [0.2, 0.25) is 0 Å². The summed E-state index contributed by atoms with van der Waals surface area (Å²) in [6.07, 6.45) is -2.76. The summed E-state index contributed by atoms with van der Waals surface area (Å²) in [6, 6.07) is 8.59.